The first kappa shape index (κ1) is 23.3. The molecule has 0 aliphatic carbocycles. The van der Waals surface area contributed by atoms with Crippen LogP contribution in [0.1, 0.15) is 39.6 Å². The topological polar surface area (TPSA) is 120 Å². The van der Waals surface area contributed by atoms with E-state index in [0.717, 1.165) is 42.1 Å². The predicted molar refractivity (Wildman–Crippen MR) is 130 cm³/mol. The highest BCUT2D eigenvalue weighted by Gasteiger charge is 2.19. The lowest BCUT2D eigenvalue weighted by Gasteiger charge is -2.25. The lowest BCUT2D eigenvalue weighted by molar-refractivity contribution is 0.0691. The third-order valence-corrected chi connectivity index (χ3v) is 6.27. The average molecular weight is 487 g/mol. The number of aromatic amines is 1. The molecule has 1 aliphatic rings. The number of halogens is 1. The molecule has 9 nitrogen and oxygen atoms in total. The number of fused-ring (bicyclic) bond motifs is 1. The molecule has 36 heavy (non-hydrogen) atoms. The normalized spacial score (nSPS) is 14.0. The summed E-state index contributed by atoms with van der Waals surface area (Å²) in [4.78, 5) is 25.4. The number of hydrogen-bond donors (Lipinski definition) is 2. The van der Waals surface area contributed by atoms with Gasteiger partial charge in [-0.15, -0.1) is 0 Å². The number of H-pyrrole nitrogens is 1. The van der Waals surface area contributed by atoms with E-state index >= 15 is 0 Å². The van der Waals surface area contributed by atoms with E-state index in [-0.39, 0.29) is 17.9 Å². The van der Waals surface area contributed by atoms with Gasteiger partial charge < -0.3 is 19.4 Å². The molecule has 182 valence electrons. The van der Waals surface area contributed by atoms with E-state index < -0.39 is 11.8 Å². The fraction of sp³-hybridized carbons (Fsp3) is 0.231. The van der Waals surface area contributed by atoms with Crippen LogP contribution in [0.5, 0.6) is 5.88 Å². The molecular formula is C26H23FN6O3. The van der Waals surface area contributed by atoms with Crippen LogP contribution in [0.25, 0.3) is 16.7 Å². The first-order chi connectivity index (χ1) is 17.4. The minimum Gasteiger partial charge on any atom is -0.477 e. The van der Waals surface area contributed by atoms with Gasteiger partial charge in [-0.25, -0.2) is 19.2 Å². The number of aromatic carboxylic acids is 1. The van der Waals surface area contributed by atoms with Crippen LogP contribution in [-0.4, -0.2) is 48.6 Å². The average Bonchev–Trinajstić information content (AvgIpc) is 3.43. The molecule has 0 amide bonds. The van der Waals surface area contributed by atoms with Crippen LogP contribution in [0.3, 0.4) is 0 Å². The molecule has 10 heteroatoms. The van der Waals surface area contributed by atoms with E-state index in [0.29, 0.717) is 23.6 Å². The Morgan fingerprint density at radius 2 is 2.14 bits per heavy atom. The Kier molecular flexibility index (Phi) is 6.23. The van der Waals surface area contributed by atoms with Gasteiger partial charge in [-0.2, -0.15) is 5.26 Å². The molecule has 0 saturated carbocycles. The number of carboxylic acids is 1. The van der Waals surface area contributed by atoms with Crippen molar-refractivity contribution >= 4 is 22.7 Å². The minimum absolute atomic E-state index is 0.0203. The molecule has 0 fully saturated rings. The number of ether oxygens (including phenoxy) is 1. The summed E-state index contributed by atoms with van der Waals surface area (Å²) in [7, 11) is 1.88. The van der Waals surface area contributed by atoms with E-state index in [4.69, 9.17) is 15.1 Å². The monoisotopic (exact) mass is 486 g/mol. The third kappa shape index (κ3) is 4.69. The Morgan fingerprint density at radius 3 is 2.83 bits per heavy atom. The summed E-state index contributed by atoms with van der Waals surface area (Å²) in [5.41, 5.74) is 4.01. The molecule has 1 aliphatic heterocycles. The Balaban J connectivity index is 1.22. The molecule has 0 spiro atoms. The summed E-state index contributed by atoms with van der Waals surface area (Å²) < 4.78 is 21.7. The number of imidazole rings is 1. The highest BCUT2D eigenvalue weighted by atomic mass is 19.1. The highest BCUT2D eigenvalue weighted by Crippen LogP contribution is 2.25. The zero-order valence-electron chi connectivity index (χ0n) is 19.5. The van der Waals surface area contributed by atoms with Crippen molar-refractivity contribution in [1.82, 2.24) is 24.4 Å². The van der Waals surface area contributed by atoms with Gasteiger partial charge in [0.25, 0.3) is 0 Å². The molecule has 3 aromatic heterocycles. The van der Waals surface area contributed by atoms with Gasteiger partial charge in [0.1, 0.15) is 23.9 Å². The lowest BCUT2D eigenvalue weighted by atomic mass is 10.0. The Hall–Kier alpha value is -4.49. The van der Waals surface area contributed by atoms with E-state index in [1.165, 1.54) is 6.07 Å². The molecule has 2 N–H and O–H groups in total. The van der Waals surface area contributed by atoms with Gasteiger partial charge in [-0.05, 0) is 36.3 Å². The summed E-state index contributed by atoms with van der Waals surface area (Å²) in [6.45, 7) is 2.19. The van der Waals surface area contributed by atoms with E-state index in [2.05, 4.69) is 25.9 Å². The number of nitrogens with one attached hydrogen (secondary N) is 1. The lowest BCUT2D eigenvalue weighted by Crippen LogP contribution is -2.29. The van der Waals surface area contributed by atoms with Gasteiger partial charge in [0, 0.05) is 31.8 Å². The molecule has 4 heterocycles. The maximum absolute atomic E-state index is 14.1. The standard InChI is InChI=1S/C26H23FN6O3/c1-32-22-12-21(26(34)35)30-25(22)31-23(32)14-33-9-7-17(8-10-33)20-3-2-4-24(29-20)36-15-18-6-5-16(13-28)11-19(18)27/h2-7,11-12,30H,8-10,14-15H2,1H3,(H,34,35). The largest absolute Gasteiger partial charge is 0.477 e. The molecule has 0 bridgehead atoms. The maximum atomic E-state index is 14.1. The number of aryl methyl sites for hydroxylation is 1. The van der Waals surface area contributed by atoms with Gasteiger partial charge in [0.05, 0.1) is 29.4 Å². The zero-order chi connectivity index (χ0) is 25.2. The summed E-state index contributed by atoms with van der Waals surface area (Å²) >= 11 is 0. The van der Waals surface area contributed by atoms with E-state index in [9.17, 15) is 9.18 Å². The fourth-order valence-corrected chi connectivity index (χ4v) is 4.22. The first-order valence-corrected chi connectivity index (χ1v) is 11.4. The quantitative estimate of drug-likeness (QED) is 0.407. The summed E-state index contributed by atoms with van der Waals surface area (Å²) in [5.74, 6) is -0.225. The minimum atomic E-state index is -1.01. The number of rotatable bonds is 7. The number of nitrogens with zero attached hydrogens (tertiary/aromatic N) is 5. The second-order valence-electron chi connectivity index (χ2n) is 8.59. The maximum Gasteiger partial charge on any atom is 0.352 e. The number of benzene rings is 1. The van der Waals surface area contributed by atoms with Gasteiger partial charge in [-0.3, -0.25) is 4.90 Å². The van der Waals surface area contributed by atoms with Crippen LogP contribution in [0.2, 0.25) is 0 Å². The number of hydrogen-bond acceptors (Lipinski definition) is 6. The zero-order valence-corrected chi connectivity index (χ0v) is 19.5. The molecule has 0 saturated heterocycles. The molecule has 5 rings (SSSR count). The smallest absolute Gasteiger partial charge is 0.352 e. The second-order valence-corrected chi connectivity index (χ2v) is 8.59. The fourth-order valence-electron chi connectivity index (χ4n) is 4.22. The predicted octanol–water partition coefficient (Wildman–Crippen LogP) is 3.87. The Bertz CT molecular complexity index is 1530. The highest BCUT2D eigenvalue weighted by molar-refractivity contribution is 5.91. The SMILES string of the molecule is Cn1c(CN2CC=C(c3cccc(OCc4ccc(C#N)cc4F)n3)CC2)nc2[nH]c(C(=O)O)cc21. The van der Waals surface area contributed by atoms with Crippen molar-refractivity contribution < 1.29 is 19.0 Å². The number of pyridine rings is 1. The Morgan fingerprint density at radius 1 is 1.28 bits per heavy atom. The number of aromatic nitrogens is 4. The molecule has 0 radical (unpaired) electrons. The molecule has 4 aromatic rings. The molecule has 1 aromatic carbocycles. The third-order valence-electron chi connectivity index (χ3n) is 6.27. The van der Waals surface area contributed by atoms with Gasteiger partial charge in [0.15, 0.2) is 5.65 Å². The van der Waals surface area contributed by atoms with Crippen molar-refractivity contribution in [1.29, 1.82) is 5.26 Å². The van der Waals surface area contributed by atoms with Crippen molar-refractivity contribution in [2.24, 2.45) is 7.05 Å². The van der Waals surface area contributed by atoms with Crippen LogP contribution in [0.4, 0.5) is 4.39 Å². The summed E-state index contributed by atoms with van der Waals surface area (Å²) in [6.07, 6.45) is 2.93. The number of nitriles is 1. The second kappa shape index (κ2) is 9.64. The van der Waals surface area contributed by atoms with Crippen LogP contribution in [-0.2, 0) is 20.2 Å². The van der Waals surface area contributed by atoms with Crippen LogP contribution in [0, 0.1) is 17.1 Å². The van der Waals surface area contributed by atoms with E-state index in [1.54, 1.807) is 24.3 Å². The summed E-state index contributed by atoms with van der Waals surface area (Å²) in [6, 6.07) is 13.3. The Labute approximate surface area is 206 Å². The van der Waals surface area contributed by atoms with Gasteiger partial charge in [-0.1, -0.05) is 18.2 Å². The van der Waals surface area contributed by atoms with Crippen molar-refractivity contribution in [2.45, 2.75) is 19.6 Å². The van der Waals surface area contributed by atoms with Gasteiger partial charge in [0.2, 0.25) is 5.88 Å². The summed E-state index contributed by atoms with van der Waals surface area (Å²) in [5, 5.41) is 18.0. The van der Waals surface area contributed by atoms with Crippen molar-refractivity contribution in [2.75, 3.05) is 13.1 Å². The van der Waals surface area contributed by atoms with E-state index in [1.807, 2.05) is 29.8 Å². The van der Waals surface area contributed by atoms with Crippen LogP contribution < -0.4 is 4.74 Å². The van der Waals surface area contributed by atoms with Crippen molar-refractivity contribution in [3.05, 3.63) is 82.7 Å². The van der Waals surface area contributed by atoms with Gasteiger partial charge >= 0.3 is 5.97 Å². The molecule has 0 unspecified atom stereocenters. The molecule has 0 atom stereocenters. The van der Waals surface area contributed by atoms with Crippen molar-refractivity contribution in [3.63, 3.8) is 0 Å². The van der Waals surface area contributed by atoms with Crippen LogP contribution >= 0.6 is 0 Å². The van der Waals surface area contributed by atoms with Crippen molar-refractivity contribution in [3.8, 4) is 11.9 Å². The number of carbonyl (C=O) groups is 1. The first-order valence-electron chi connectivity index (χ1n) is 11.4. The number of carboxylic acid groups (broad SMARTS) is 1. The van der Waals surface area contributed by atoms with Crippen LogP contribution in [0.15, 0.2) is 48.5 Å². The molecular weight excluding hydrogens is 463 g/mol.